The average Bonchev–Trinajstić information content (AvgIpc) is 2.85. The van der Waals surface area contributed by atoms with Gasteiger partial charge in [0.15, 0.2) is 0 Å². The number of nitrogens with zero attached hydrogens (tertiary/aromatic N) is 1. The number of nitrogens with one attached hydrogen (secondary N) is 1. The molecule has 1 saturated heterocycles. The van der Waals surface area contributed by atoms with Crippen LogP contribution in [0.25, 0.3) is 0 Å². The van der Waals surface area contributed by atoms with E-state index in [0.29, 0.717) is 6.04 Å². The fraction of sp³-hybridized carbons (Fsp3) is 0.714. The zero-order valence-corrected chi connectivity index (χ0v) is 11.0. The Morgan fingerprint density at radius 3 is 2.88 bits per heavy atom. The van der Waals surface area contributed by atoms with Gasteiger partial charge in [0.1, 0.15) is 5.76 Å². The van der Waals surface area contributed by atoms with E-state index in [1.54, 1.807) is 6.26 Å². The molecular formula is C14H24N2O. The van der Waals surface area contributed by atoms with Crippen molar-refractivity contribution in [2.45, 2.75) is 32.2 Å². The van der Waals surface area contributed by atoms with Gasteiger partial charge < -0.3 is 14.6 Å². The Kier molecular flexibility index (Phi) is 4.63. The number of hydrogen-bond acceptors (Lipinski definition) is 3. The molecule has 3 heteroatoms. The van der Waals surface area contributed by atoms with Crippen molar-refractivity contribution in [1.29, 1.82) is 0 Å². The molecule has 0 aromatic carbocycles. The Balaban J connectivity index is 1.63. The molecule has 17 heavy (non-hydrogen) atoms. The molecule has 1 N–H and O–H groups in total. The van der Waals surface area contributed by atoms with Crippen LogP contribution in [-0.4, -0.2) is 31.6 Å². The van der Waals surface area contributed by atoms with E-state index in [4.69, 9.17) is 4.42 Å². The zero-order chi connectivity index (χ0) is 12.1. The summed E-state index contributed by atoms with van der Waals surface area (Å²) in [5, 5.41) is 3.54. The Bertz CT molecular complexity index is 302. The Labute approximate surface area is 104 Å². The van der Waals surface area contributed by atoms with Gasteiger partial charge >= 0.3 is 0 Å². The quantitative estimate of drug-likeness (QED) is 0.852. The third-order valence-corrected chi connectivity index (χ3v) is 3.81. The molecule has 0 radical (unpaired) electrons. The van der Waals surface area contributed by atoms with Gasteiger partial charge in [-0.15, -0.1) is 0 Å². The molecule has 2 heterocycles. The van der Waals surface area contributed by atoms with Gasteiger partial charge in [0.2, 0.25) is 0 Å². The molecule has 96 valence electrons. The van der Waals surface area contributed by atoms with Gasteiger partial charge in [-0.25, -0.2) is 0 Å². The van der Waals surface area contributed by atoms with Crippen molar-refractivity contribution in [3.8, 4) is 0 Å². The molecule has 1 aliphatic heterocycles. The van der Waals surface area contributed by atoms with Gasteiger partial charge in [-0.1, -0.05) is 0 Å². The minimum Gasteiger partial charge on any atom is -0.468 e. The first-order valence-corrected chi connectivity index (χ1v) is 6.71. The molecule has 0 amide bonds. The first-order valence-electron chi connectivity index (χ1n) is 6.71. The van der Waals surface area contributed by atoms with Crippen molar-refractivity contribution in [1.82, 2.24) is 10.2 Å². The van der Waals surface area contributed by atoms with E-state index in [2.05, 4.69) is 24.2 Å². The van der Waals surface area contributed by atoms with Gasteiger partial charge in [-0.2, -0.15) is 0 Å². The van der Waals surface area contributed by atoms with E-state index >= 15 is 0 Å². The molecule has 1 aromatic rings. The van der Waals surface area contributed by atoms with Crippen molar-refractivity contribution in [2.24, 2.45) is 5.92 Å². The standard InChI is InChI=1S/C14H24N2O/c1-12(14-4-3-11-17-14)15-8-5-13-6-9-16(2)10-7-13/h3-4,11-13,15H,5-10H2,1-2H3. The predicted molar refractivity (Wildman–Crippen MR) is 70.0 cm³/mol. The zero-order valence-electron chi connectivity index (χ0n) is 11.0. The SMILES string of the molecule is CC(NCCC1CCN(C)CC1)c1ccco1. The molecule has 0 saturated carbocycles. The lowest BCUT2D eigenvalue weighted by Gasteiger charge is -2.29. The maximum absolute atomic E-state index is 5.38. The van der Waals surface area contributed by atoms with Crippen LogP contribution in [0.15, 0.2) is 22.8 Å². The Morgan fingerprint density at radius 2 is 2.24 bits per heavy atom. The van der Waals surface area contributed by atoms with E-state index in [-0.39, 0.29) is 0 Å². The van der Waals surface area contributed by atoms with Crippen molar-refractivity contribution in [3.63, 3.8) is 0 Å². The molecule has 0 aliphatic carbocycles. The van der Waals surface area contributed by atoms with Crippen LogP contribution >= 0.6 is 0 Å². The lowest BCUT2D eigenvalue weighted by atomic mass is 9.94. The molecule has 2 rings (SSSR count). The van der Waals surface area contributed by atoms with E-state index < -0.39 is 0 Å². The molecule has 0 spiro atoms. The summed E-state index contributed by atoms with van der Waals surface area (Å²) >= 11 is 0. The molecule has 1 atom stereocenters. The largest absolute Gasteiger partial charge is 0.468 e. The van der Waals surface area contributed by atoms with Gasteiger partial charge in [-0.05, 0) is 70.9 Å². The highest BCUT2D eigenvalue weighted by Crippen LogP contribution is 2.19. The van der Waals surface area contributed by atoms with Crippen LogP contribution < -0.4 is 5.32 Å². The summed E-state index contributed by atoms with van der Waals surface area (Å²) in [5.74, 6) is 1.94. The number of rotatable bonds is 5. The number of furan rings is 1. The van der Waals surface area contributed by atoms with Crippen molar-refractivity contribution in [3.05, 3.63) is 24.2 Å². The molecule has 1 fully saturated rings. The average molecular weight is 236 g/mol. The third-order valence-electron chi connectivity index (χ3n) is 3.81. The fourth-order valence-electron chi connectivity index (χ4n) is 2.49. The number of likely N-dealkylation sites (tertiary alicyclic amines) is 1. The smallest absolute Gasteiger partial charge is 0.120 e. The van der Waals surface area contributed by atoms with E-state index in [9.17, 15) is 0 Å². The van der Waals surface area contributed by atoms with Crippen LogP contribution in [0.1, 0.15) is 38.0 Å². The summed E-state index contributed by atoms with van der Waals surface area (Å²) < 4.78 is 5.38. The predicted octanol–water partition coefficient (Wildman–Crippen LogP) is 2.66. The molecular weight excluding hydrogens is 212 g/mol. The van der Waals surface area contributed by atoms with Gasteiger partial charge in [0.25, 0.3) is 0 Å². The minimum absolute atomic E-state index is 0.330. The van der Waals surface area contributed by atoms with Crippen LogP contribution in [0.4, 0.5) is 0 Å². The molecule has 1 aliphatic rings. The fourth-order valence-corrected chi connectivity index (χ4v) is 2.49. The highest BCUT2D eigenvalue weighted by Gasteiger charge is 2.16. The van der Waals surface area contributed by atoms with Crippen molar-refractivity contribution in [2.75, 3.05) is 26.7 Å². The normalized spacial score (nSPS) is 20.6. The highest BCUT2D eigenvalue weighted by molar-refractivity contribution is 5.02. The van der Waals surface area contributed by atoms with E-state index in [1.807, 2.05) is 12.1 Å². The first-order chi connectivity index (χ1) is 8.25. The van der Waals surface area contributed by atoms with Crippen LogP contribution in [0.5, 0.6) is 0 Å². The molecule has 3 nitrogen and oxygen atoms in total. The minimum atomic E-state index is 0.330. The second kappa shape index (κ2) is 6.22. The maximum Gasteiger partial charge on any atom is 0.120 e. The summed E-state index contributed by atoms with van der Waals surface area (Å²) in [6.07, 6.45) is 5.74. The summed E-state index contributed by atoms with van der Waals surface area (Å²) in [7, 11) is 2.22. The second-order valence-corrected chi connectivity index (χ2v) is 5.23. The summed E-state index contributed by atoms with van der Waals surface area (Å²) in [4.78, 5) is 2.43. The van der Waals surface area contributed by atoms with Crippen LogP contribution in [0.3, 0.4) is 0 Å². The van der Waals surface area contributed by atoms with Crippen molar-refractivity contribution >= 4 is 0 Å². The van der Waals surface area contributed by atoms with Crippen LogP contribution in [0, 0.1) is 5.92 Å². The van der Waals surface area contributed by atoms with Crippen LogP contribution in [0.2, 0.25) is 0 Å². The molecule has 1 unspecified atom stereocenters. The van der Waals surface area contributed by atoms with Gasteiger partial charge in [0.05, 0.1) is 12.3 Å². The van der Waals surface area contributed by atoms with Gasteiger partial charge in [-0.3, -0.25) is 0 Å². The topological polar surface area (TPSA) is 28.4 Å². The lowest BCUT2D eigenvalue weighted by Crippen LogP contribution is -2.32. The van der Waals surface area contributed by atoms with Crippen molar-refractivity contribution < 1.29 is 4.42 Å². The first kappa shape index (κ1) is 12.7. The lowest BCUT2D eigenvalue weighted by molar-refractivity contribution is 0.210. The molecule has 1 aromatic heterocycles. The maximum atomic E-state index is 5.38. The Hall–Kier alpha value is -0.800. The van der Waals surface area contributed by atoms with Crippen LogP contribution in [-0.2, 0) is 0 Å². The number of hydrogen-bond donors (Lipinski definition) is 1. The Morgan fingerprint density at radius 1 is 1.47 bits per heavy atom. The summed E-state index contributed by atoms with van der Waals surface area (Å²) in [5.41, 5.74) is 0. The second-order valence-electron chi connectivity index (χ2n) is 5.23. The van der Waals surface area contributed by atoms with E-state index in [1.165, 1.54) is 32.4 Å². The highest BCUT2D eigenvalue weighted by atomic mass is 16.3. The summed E-state index contributed by atoms with van der Waals surface area (Å²) in [6, 6.07) is 4.31. The molecule has 0 bridgehead atoms. The monoisotopic (exact) mass is 236 g/mol. The number of piperidine rings is 1. The summed E-state index contributed by atoms with van der Waals surface area (Å²) in [6.45, 7) is 5.78. The van der Waals surface area contributed by atoms with E-state index in [0.717, 1.165) is 18.2 Å². The third kappa shape index (κ3) is 3.86. The van der Waals surface area contributed by atoms with Gasteiger partial charge in [0, 0.05) is 0 Å².